The van der Waals surface area contributed by atoms with Crippen LogP contribution in [-0.4, -0.2) is 61.5 Å². The lowest BCUT2D eigenvalue weighted by Crippen LogP contribution is -2.52. The van der Waals surface area contributed by atoms with Crippen LogP contribution in [0.25, 0.3) is 0 Å². The number of hydrogen-bond acceptors (Lipinski definition) is 6. The summed E-state index contributed by atoms with van der Waals surface area (Å²) in [6, 6.07) is 20.2. The van der Waals surface area contributed by atoms with E-state index in [-0.39, 0.29) is 34.3 Å². The first-order valence-electron chi connectivity index (χ1n) is 13.1. The van der Waals surface area contributed by atoms with Crippen LogP contribution in [0.5, 0.6) is 5.75 Å². The van der Waals surface area contributed by atoms with E-state index in [4.69, 9.17) is 0 Å². The van der Waals surface area contributed by atoms with Crippen LogP contribution >= 0.6 is 0 Å². The molecule has 3 aromatic carbocycles. The molecule has 206 valence electrons. The number of piperidine rings is 1. The van der Waals surface area contributed by atoms with Gasteiger partial charge in [0.1, 0.15) is 5.75 Å². The number of anilines is 2. The number of sulfonamides is 1. The summed E-state index contributed by atoms with van der Waals surface area (Å²) >= 11 is 0. The Morgan fingerprint density at radius 2 is 1.54 bits per heavy atom. The number of hydrazine groups is 1. The van der Waals surface area contributed by atoms with Crippen molar-refractivity contribution in [3.8, 4) is 5.75 Å². The number of phenols is 1. The first-order valence-corrected chi connectivity index (χ1v) is 14.6. The quantitative estimate of drug-likeness (QED) is 0.390. The maximum absolute atomic E-state index is 13.7. The second-order valence-corrected chi connectivity index (χ2v) is 11.1. The Morgan fingerprint density at radius 3 is 2.18 bits per heavy atom. The second-order valence-electron chi connectivity index (χ2n) is 9.33. The van der Waals surface area contributed by atoms with E-state index >= 15 is 0 Å². The third kappa shape index (κ3) is 6.58. The molecule has 39 heavy (non-hydrogen) atoms. The Labute approximate surface area is 229 Å². The number of para-hydroxylation sites is 3. The zero-order valence-electron chi connectivity index (χ0n) is 22.0. The largest absolute Gasteiger partial charge is 0.506 e. The van der Waals surface area contributed by atoms with Gasteiger partial charge in [-0.1, -0.05) is 43.7 Å². The van der Waals surface area contributed by atoms with E-state index in [2.05, 4.69) is 10.3 Å². The number of hydrogen-bond donors (Lipinski definition) is 2. The minimum Gasteiger partial charge on any atom is -0.506 e. The van der Waals surface area contributed by atoms with E-state index in [1.165, 1.54) is 36.4 Å². The summed E-state index contributed by atoms with van der Waals surface area (Å²) in [6.45, 7) is 4.11. The standard InChI is InChI=1S/C29H34N4O5S/c1-2-19-32(31-20-9-4-10-21-31)28(35)22-30-29(36)23-15-17-25(18-16-23)39(37,38)33(24-11-5-3-6-12-24)26-13-7-8-14-27(26)34/h3,5-8,11-18,34H,2,4,9-10,19-22H2,1H3,(H,30,36). The maximum atomic E-state index is 13.7. The van der Waals surface area contributed by atoms with Gasteiger partial charge >= 0.3 is 0 Å². The zero-order valence-corrected chi connectivity index (χ0v) is 22.8. The third-order valence-electron chi connectivity index (χ3n) is 6.54. The Kier molecular flexibility index (Phi) is 9.21. The molecular formula is C29H34N4O5S. The lowest BCUT2D eigenvalue weighted by molar-refractivity contribution is -0.149. The molecule has 0 bridgehead atoms. The smallest absolute Gasteiger partial charge is 0.268 e. The molecular weight excluding hydrogens is 516 g/mol. The van der Waals surface area contributed by atoms with Gasteiger partial charge in [0, 0.05) is 25.2 Å². The molecule has 1 fully saturated rings. The molecule has 2 N–H and O–H groups in total. The SMILES string of the molecule is CCCN(C(=O)CNC(=O)c1ccc(S(=O)(=O)N(c2ccccc2)c2ccccc2O)cc1)N1CCCCC1. The monoisotopic (exact) mass is 550 g/mol. The van der Waals surface area contributed by atoms with Gasteiger partial charge in [-0.2, -0.15) is 0 Å². The summed E-state index contributed by atoms with van der Waals surface area (Å²) < 4.78 is 28.5. The minimum absolute atomic E-state index is 0.0542. The van der Waals surface area contributed by atoms with Crippen LogP contribution in [0.15, 0.2) is 83.8 Å². The summed E-state index contributed by atoms with van der Waals surface area (Å²) in [7, 11) is -4.15. The molecule has 10 heteroatoms. The van der Waals surface area contributed by atoms with Crippen molar-refractivity contribution >= 4 is 33.2 Å². The van der Waals surface area contributed by atoms with E-state index in [0.717, 1.165) is 43.1 Å². The van der Waals surface area contributed by atoms with Crippen LogP contribution in [0, 0.1) is 0 Å². The van der Waals surface area contributed by atoms with Crippen molar-refractivity contribution in [3.63, 3.8) is 0 Å². The van der Waals surface area contributed by atoms with Crippen LogP contribution in [0.1, 0.15) is 43.0 Å². The minimum atomic E-state index is -4.15. The summed E-state index contributed by atoms with van der Waals surface area (Å²) in [4.78, 5) is 25.6. The van der Waals surface area contributed by atoms with Crippen LogP contribution in [0.2, 0.25) is 0 Å². The molecule has 1 aliphatic rings. The van der Waals surface area contributed by atoms with Crippen LogP contribution in [0.3, 0.4) is 0 Å². The van der Waals surface area contributed by atoms with E-state index in [1.54, 1.807) is 47.5 Å². The molecule has 0 atom stereocenters. The number of amides is 2. The first kappa shape index (κ1) is 28.1. The molecule has 1 saturated heterocycles. The normalized spacial score (nSPS) is 14.0. The van der Waals surface area contributed by atoms with Gasteiger partial charge in [-0.3, -0.25) is 14.6 Å². The van der Waals surface area contributed by atoms with Crippen LogP contribution in [-0.2, 0) is 14.8 Å². The molecule has 0 unspecified atom stereocenters. The van der Waals surface area contributed by atoms with E-state index in [1.807, 2.05) is 6.92 Å². The number of phenolic OH excluding ortho intramolecular Hbond substituents is 1. The van der Waals surface area contributed by atoms with Gasteiger partial charge in [0.2, 0.25) is 0 Å². The van der Waals surface area contributed by atoms with E-state index in [0.29, 0.717) is 12.2 Å². The van der Waals surface area contributed by atoms with Gasteiger partial charge in [0.15, 0.2) is 0 Å². The fraction of sp³-hybridized carbons (Fsp3) is 0.310. The number of carbonyl (C=O) groups is 2. The molecule has 0 aromatic heterocycles. The molecule has 0 spiro atoms. The average molecular weight is 551 g/mol. The molecule has 2 amide bonds. The van der Waals surface area contributed by atoms with Crippen molar-refractivity contribution in [2.45, 2.75) is 37.5 Å². The molecule has 9 nitrogen and oxygen atoms in total. The molecule has 0 aliphatic carbocycles. The first-order chi connectivity index (χ1) is 18.8. The topological polar surface area (TPSA) is 110 Å². The van der Waals surface area contributed by atoms with Crippen molar-refractivity contribution in [1.29, 1.82) is 0 Å². The predicted octanol–water partition coefficient (Wildman–Crippen LogP) is 4.29. The molecule has 1 heterocycles. The number of nitrogens with one attached hydrogen (secondary N) is 1. The number of rotatable bonds is 10. The Balaban J connectivity index is 1.50. The van der Waals surface area contributed by atoms with Gasteiger partial charge in [-0.25, -0.2) is 17.7 Å². The summed E-state index contributed by atoms with van der Waals surface area (Å²) in [5.74, 6) is -0.831. The Bertz CT molecular complexity index is 1370. The van der Waals surface area contributed by atoms with Crippen molar-refractivity contribution in [2.24, 2.45) is 0 Å². The van der Waals surface area contributed by atoms with Crippen molar-refractivity contribution < 1.29 is 23.1 Å². The molecule has 4 rings (SSSR count). The van der Waals surface area contributed by atoms with Crippen molar-refractivity contribution in [2.75, 3.05) is 30.5 Å². The predicted molar refractivity (Wildman–Crippen MR) is 150 cm³/mol. The van der Waals surface area contributed by atoms with Gasteiger partial charge in [0.25, 0.3) is 21.8 Å². The highest BCUT2D eigenvalue weighted by Crippen LogP contribution is 2.37. The number of carbonyl (C=O) groups excluding carboxylic acids is 2. The van der Waals surface area contributed by atoms with Gasteiger partial charge < -0.3 is 10.4 Å². The number of aromatic hydroxyl groups is 1. The van der Waals surface area contributed by atoms with Crippen LogP contribution < -0.4 is 9.62 Å². The molecule has 0 saturated carbocycles. The highest BCUT2D eigenvalue weighted by Gasteiger charge is 2.29. The van der Waals surface area contributed by atoms with E-state index < -0.39 is 15.9 Å². The van der Waals surface area contributed by atoms with Crippen molar-refractivity contribution in [1.82, 2.24) is 15.3 Å². The lowest BCUT2D eigenvalue weighted by atomic mass is 10.1. The lowest BCUT2D eigenvalue weighted by Gasteiger charge is -2.37. The maximum Gasteiger partial charge on any atom is 0.268 e. The molecule has 1 aliphatic heterocycles. The fourth-order valence-corrected chi connectivity index (χ4v) is 6.10. The van der Waals surface area contributed by atoms with Gasteiger partial charge in [-0.15, -0.1) is 0 Å². The highest BCUT2D eigenvalue weighted by molar-refractivity contribution is 7.93. The Hall–Kier alpha value is -3.89. The Morgan fingerprint density at radius 1 is 0.897 bits per heavy atom. The molecule has 3 aromatic rings. The van der Waals surface area contributed by atoms with Crippen molar-refractivity contribution in [3.05, 3.63) is 84.4 Å². The fourth-order valence-electron chi connectivity index (χ4n) is 4.59. The van der Waals surface area contributed by atoms with E-state index in [9.17, 15) is 23.1 Å². The van der Waals surface area contributed by atoms with Crippen LogP contribution in [0.4, 0.5) is 11.4 Å². The average Bonchev–Trinajstić information content (AvgIpc) is 2.96. The van der Waals surface area contributed by atoms with Gasteiger partial charge in [-0.05, 0) is 67.8 Å². The summed E-state index contributed by atoms with van der Waals surface area (Å²) in [5.41, 5.74) is 0.689. The summed E-state index contributed by atoms with van der Waals surface area (Å²) in [5, 5.41) is 16.9. The zero-order chi connectivity index (χ0) is 27.8. The summed E-state index contributed by atoms with van der Waals surface area (Å²) in [6.07, 6.45) is 4.05. The third-order valence-corrected chi connectivity index (χ3v) is 8.30. The second kappa shape index (κ2) is 12.8. The number of benzene rings is 3. The highest BCUT2D eigenvalue weighted by atomic mass is 32.2. The number of nitrogens with zero attached hydrogens (tertiary/aromatic N) is 3. The van der Waals surface area contributed by atoms with Gasteiger partial charge in [0.05, 0.1) is 22.8 Å². The molecule has 0 radical (unpaired) electrons.